The SMILES string of the molecule is CN=C(NCCCOCC1CCOCC1)NCCCSC. The van der Waals surface area contributed by atoms with Crippen molar-refractivity contribution in [3.8, 4) is 0 Å². The van der Waals surface area contributed by atoms with Gasteiger partial charge in [0.05, 0.1) is 0 Å². The summed E-state index contributed by atoms with van der Waals surface area (Å²) in [6.45, 7) is 5.36. The molecule has 0 aliphatic carbocycles. The molecule has 6 heteroatoms. The van der Waals surface area contributed by atoms with Gasteiger partial charge in [-0.3, -0.25) is 4.99 Å². The van der Waals surface area contributed by atoms with E-state index in [1.54, 1.807) is 0 Å². The van der Waals surface area contributed by atoms with E-state index in [-0.39, 0.29) is 0 Å². The second kappa shape index (κ2) is 13.2. The van der Waals surface area contributed by atoms with Gasteiger partial charge in [0.15, 0.2) is 5.96 Å². The minimum Gasteiger partial charge on any atom is -0.381 e. The number of thioether (sulfide) groups is 1. The molecule has 5 nitrogen and oxygen atoms in total. The van der Waals surface area contributed by atoms with Gasteiger partial charge in [0.25, 0.3) is 0 Å². The van der Waals surface area contributed by atoms with Gasteiger partial charge in [0, 0.05) is 46.6 Å². The Kier molecular flexibility index (Phi) is 11.7. The quantitative estimate of drug-likeness (QED) is 0.365. The van der Waals surface area contributed by atoms with Crippen molar-refractivity contribution in [1.82, 2.24) is 10.6 Å². The van der Waals surface area contributed by atoms with Crippen molar-refractivity contribution in [1.29, 1.82) is 0 Å². The highest BCUT2D eigenvalue weighted by atomic mass is 32.2. The molecule has 1 aliphatic heterocycles. The maximum absolute atomic E-state index is 5.74. The molecule has 0 spiro atoms. The molecule has 0 unspecified atom stereocenters. The molecule has 0 aromatic rings. The number of guanidine groups is 1. The first kappa shape index (κ1) is 18.6. The second-order valence-electron chi connectivity index (χ2n) is 5.26. The molecule has 0 radical (unpaired) electrons. The zero-order valence-corrected chi connectivity index (χ0v) is 14.3. The van der Waals surface area contributed by atoms with Crippen LogP contribution in [-0.2, 0) is 9.47 Å². The van der Waals surface area contributed by atoms with Crippen molar-refractivity contribution >= 4 is 17.7 Å². The number of nitrogens with one attached hydrogen (secondary N) is 2. The molecule has 0 aromatic carbocycles. The molecule has 0 amide bonds. The average Bonchev–Trinajstić information content (AvgIpc) is 2.53. The Labute approximate surface area is 133 Å². The fourth-order valence-corrected chi connectivity index (χ4v) is 2.62. The smallest absolute Gasteiger partial charge is 0.190 e. The summed E-state index contributed by atoms with van der Waals surface area (Å²) in [4.78, 5) is 4.21. The molecule has 2 N–H and O–H groups in total. The fourth-order valence-electron chi connectivity index (χ4n) is 2.19. The number of nitrogens with zero attached hydrogens (tertiary/aromatic N) is 1. The van der Waals surface area contributed by atoms with Gasteiger partial charge in [-0.2, -0.15) is 11.8 Å². The number of hydrogen-bond donors (Lipinski definition) is 2. The van der Waals surface area contributed by atoms with Crippen LogP contribution in [0.2, 0.25) is 0 Å². The lowest BCUT2D eigenvalue weighted by atomic mass is 10.0. The number of aliphatic imine (C=N–C) groups is 1. The number of hydrogen-bond acceptors (Lipinski definition) is 4. The molecule has 0 aromatic heterocycles. The molecule has 1 fully saturated rings. The molecule has 1 rings (SSSR count). The first-order valence-corrected chi connectivity index (χ1v) is 9.35. The third-order valence-corrected chi connectivity index (χ3v) is 4.19. The molecule has 1 heterocycles. The zero-order valence-electron chi connectivity index (χ0n) is 13.5. The second-order valence-corrected chi connectivity index (χ2v) is 6.24. The van der Waals surface area contributed by atoms with Gasteiger partial charge in [0.1, 0.15) is 0 Å². The Hall–Kier alpha value is -0.460. The zero-order chi connectivity index (χ0) is 15.2. The van der Waals surface area contributed by atoms with E-state index < -0.39 is 0 Å². The minimum absolute atomic E-state index is 0.692. The van der Waals surface area contributed by atoms with Crippen LogP contribution in [-0.4, -0.2) is 64.5 Å². The van der Waals surface area contributed by atoms with E-state index >= 15 is 0 Å². The van der Waals surface area contributed by atoms with Crippen LogP contribution in [0, 0.1) is 5.92 Å². The average molecular weight is 317 g/mol. The predicted molar refractivity (Wildman–Crippen MR) is 91.3 cm³/mol. The third-order valence-electron chi connectivity index (χ3n) is 3.49. The van der Waals surface area contributed by atoms with Crippen LogP contribution in [0.1, 0.15) is 25.7 Å². The van der Waals surface area contributed by atoms with Crippen LogP contribution in [0.15, 0.2) is 4.99 Å². The van der Waals surface area contributed by atoms with Gasteiger partial charge < -0.3 is 20.1 Å². The van der Waals surface area contributed by atoms with Crippen LogP contribution in [0.3, 0.4) is 0 Å². The predicted octanol–water partition coefficient (Wildman–Crippen LogP) is 1.74. The summed E-state index contributed by atoms with van der Waals surface area (Å²) in [5.74, 6) is 2.77. The van der Waals surface area contributed by atoms with Gasteiger partial charge >= 0.3 is 0 Å². The van der Waals surface area contributed by atoms with Crippen LogP contribution in [0.5, 0.6) is 0 Å². The lowest BCUT2D eigenvalue weighted by Crippen LogP contribution is -2.38. The molecule has 0 saturated carbocycles. The Morgan fingerprint density at radius 1 is 1.24 bits per heavy atom. The molecule has 1 saturated heterocycles. The van der Waals surface area contributed by atoms with Crippen molar-refractivity contribution in [2.45, 2.75) is 25.7 Å². The summed E-state index contributed by atoms with van der Waals surface area (Å²) < 4.78 is 11.1. The first-order valence-electron chi connectivity index (χ1n) is 7.95. The Balaban J connectivity index is 1.91. The topological polar surface area (TPSA) is 54.9 Å². The van der Waals surface area contributed by atoms with E-state index in [1.807, 2.05) is 18.8 Å². The van der Waals surface area contributed by atoms with Gasteiger partial charge in [-0.25, -0.2) is 0 Å². The van der Waals surface area contributed by atoms with E-state index in [9.17, 15) is 0 Å². The number of ether oxygens (including phenoxy) is 2. The van der Waals surface area contributed by atoms with Gasteiger partial charge in [0.2, 0.25) is 0 Å². The van der Waals surface area contributed by atoms with Crippen molar-refractivity contribution < 1.29 is 9.47 Å². The molecule has 0 bridgehead atoms. The summed E-state index contributed by atoms with van der Waals surface area (Å²) in [6, 6.07) is 0. The van der Waals surface area contributed by atoms with Crippen LogP contribution in [0.25, 0.3) is 0 Å². The van der Waals surface area contributed by atoms with Crippen molar-refractivity contribution in [3.63, 3.8) is 0 Å². The Morgan fingerprint density at radius 2 is 1.95 bits per heavy atom. The fraction of sp³-hybridized carbons (Fsp3) is 0.933. The summed E-state index contributed by atoms with van der Waals surface area (Å²) in [5, 5.41) is 6.63. The Bertz CT molecular complexity index is 272. The first-order chi connectivity index (χ1) is 10.4. The maximum Gasteiger partial charge on any atom is 0.190 e. The van der Waals surface area contributed by atoms with Crippen LogP contribution < -0.4 is 10.6 Å². The lowest BCUT2D eigenvalue weighted by Gasteiger charge is -2.21. The molecular formula is C15H31N3O2S. The van der Waals surface area contributed by atoms with Gasteiger partial charge in [-0.05, 0) is 43.6 Å². The minimum atomic E-state index is 0.692. The highest BCUT2D eigenvalue weighted by molar-refractivity contribution is 7.98. The van der Waals surface area contributed by atoms with Crippen molar-refractivity contribution in [2.75, 3.05) is 58.6 Å². The van der Waals surface area contributed by atoms with Gasteiger partial charge in [-0.15, -0.1) is 0 Å². The normalized spacial score (nSPS) is 17.0. The maximum atomic E-state index is 5.74. The molecular weight excluding hydrogens is 286 g/mol. The molecule has 21 heavy (non-hydrogen) atoms. The largest absolute Gasteiger partial charge is 0.381 e. The van der Waals surface area contributed by atoms with Crippen LogP contribution in [0.4, 0.5) is 0 Å². The molecule has 1 aliphatic rings. The van der Waals surface area contributed by atoms with E-state index in [0.717, 1.165) is 71.2 Å². The third kappa shape index (κ3) is 9.98. The monoisotopic (exact) mass is 317 g/mol. The van der Waals surface area contributed by atoms with Gasteiger partial charge in [-0.1, -0.05) is 0 Å². The highest BCUT2D eigenvalue weighted by Crippen LogP contribution is 2.14. The van der Waals surface area contributed by atoms with E-state index in [4.69, 9.17) is 9.47 Å². The number of rotatable bonds is 10. The highest BCUT2D eigenvalue weighted by Gasteiger charge is 2.13. The Morgan fingerprint density at radius 3 is 2.62 bits per heavy atom. The summed E-state index contributed by atoms with van der Waals surface area (Å²) in [7, 11) is 1.81. The summed E-state index contributed by atoms with van der Waals surface area (Å²) in [5.41, 5.74) is 0. The molecule has 0 atom stereocenters. The molecule has 124 valence electrons. The van der Waals surface area contributed by atoms with E-state index in [2.05, 4.69) is 21.9 Å². The van der Waals surface area contributed by atoms with E-state index in [1.165, 1.54) is 5.75 Å². The summed E-state index contributed by atoms with van der Waals surface area (Å²) >= 11 is 1.87. The summed E-state index contributed by atoms with van der Waals surface area (Å²) in [6.07, 6.45) is 6.59. The lowest BCUT2D eigenvalue weighted by molar-refractivity contribution is 0.0203. The standard InChI is InChI=1S/C15H31N3O2S/c1-16-15(18-8-4-12-21-2)17-7-3-9-20-13-14-5-10-19-11-6-14/h14H,3-13H2,1-2H3,(H2,16,17,18). The van der Waals surface area contributed by atoms with Crippen molar-refractivity contribution in [2.24, 2.45) is 10.9 Å². The van der Waals surface area contributed by atoms with Crippen LogP contribution >= 0.6 is 11.8 Å². The van der Waals surface area contributed by atoms with E-state index in [0.29, 0.717) is 5.92 Å². The van der Waals surface area contributed by atoms with Crippen molar-refractivity contribution in [3.05, 3.63) is 0 Å².